The number of ether oxygens (including phenoxy) is 2. The van der Waals surface area contributed by atoms with Crippen molar-refractivity contribution in [2.75, 3.05) is 38.7 Å². The number of nitrogens with one attached hydrogen (secondary N) is 1. The molecule has 1 aromatic heterocycles. The summed E-state index contributed by atoms with van der Waals surface area (Å²) in [5, 5.41) is 13.5. The van der Waals surface area contributed by atoms with E-state index in [-0.39, 0.29) is 48.1 Å². The zero-order chi connectivity index (χ0) is 34.1. The number of halogens is 1. The number of anilines is 1. The number of pyridine rings is 1. The lowest BCUT2D eigenvalue weighted by Crippen LogP contribution is -2.48. The molecule has 2 heterocycles. The fraction of sp³-hybridized carbons (Fsp3) is 0.441. The normalized spacial score (nSPS) is 20.5. The van der Waals surface area contributed by atoms with Crippen LogP contribution in [0.25, 0.3) is 0 Å². The Morgan fingerprint density at radius 3 is 2.51 bits per heavy atom. The third-order valence-corrected chi connectivity index (χ3v) is 10.3. The molecule has 254 valence electrons. The third-order valence-electron chi connectivity index (χ3n) is 8.21. The molecule has 3 aromatic rings. The summed E-state index contributed by atoms with van der Waals surface area (Å²) < 4.78 is 40.6. The van der Waals surface area contributed by atoms with E-state index in [9.17, 15) is 23.1 Å². The fourth-order valence-corrected chi connectivity index (χ4v) is 6.62. The molecule has 1 aliphatic rings. The van der Waals surface area contributed by atoms with Crippen molar-refractivity contribution >= 4 is 39.1 Å². The van der Waals surface area contributed by atoms with Gasteiger partial charge in [0, 0.05) is 61.3 Å². The number of carbonyl (C=O) groups is 2. The summed E-state index contributed by atoms with van der Waals surface area (Å²) in [5.74, 6) is -0.733. The van der Waals surface area contributed by atoms with E-state index >= 15 is 0 Å². The molecule has 0 unspecified atom stereocenters. The van der Waals surface area contributed by atoms with Crippen LogP contribution in [0.3, 0.4) is 0 Å². The Bertz CT molecular complexity index is 1610. The zero-order valence-corrected chi connectivity index (χ0v) is 28.7. The largest absolute Gasteiger partial charge is 0.490 e. The molecule has 4 atom stereocenters. The molecule has 0 aliphatic carbocycles. The summed E-state index contributed by atoms with van der Waals surface area (Å²) in [5.41, 5.74) is 1.04. The van der Waals surface area contributed by atoms with E-state index in [2.05, 4.69) is 10.3 Å². The standard InChI is InChI=1S/C34H43ClN4O7S/c1-23-20-39(24(2)22-40)34(42)30-19-28(37-33(41)26-14-16-36-17-15-26)10-13-31(30)46-25(3)7-5-6-18-45-32(23)21-38(4)47(43,44)29-11-8-27(35)9-12-29/h8-17,19,23-25,32,40H,5-7,18,20-22H2,1-4H3,(H,37,41)/t23-,24+,25+,32-/m0/s1. The molecule has 13 heteroatoms. The number of hydrogen-bond acceptors (Lipinski definition) is 8. The van der Waals surface area contributed by atoms with Gasteiger partial charge in [-0.05, 0) is 87.7 Å². The number of hydrogen-bond donors (Lipinski definition) is 2. The van der Waals surface area contributed by atoms with Crippen LogP contribution < -0.4 is 10.1 Å². The van der Waals surface area contributed by atoms with Crippen LogP contribution in [0.5, 0.6) is 5.75 Å². The summed E-state index contributed by atoms with van der Waals surface area (Å²) in [7, 11) is -2.35. The number of likely N-dealkylation sites (N-methyl/N-ethyl adjacent to an activating group) is 1. The maximum atomic E-state index is 14.3. The van der Waals surface area contributed by atoms with Crippen molar-refractivity contribution in [3.8, 4) is 5.75 Å². The van der Waals surface area contributed by atoms with Crippen molar-refractivity contribution in [2.45, 2.75) is 63.2 Å². The maximum absolute atomic E-state index is 14.3. The first-order valence-corrected chi connectivity index (χ1v) is 17.5. The first-order chi connectivity index (χ1) is 22.4. The Morgan fingerprint density at radius 1 is 1.13 bits per heavy atom. The van der Waals surface area contributed by atoms with Crippen LogP contribution in [-0.4, -0.2) is 91.1 Å². The van der Waals surface area contributed by atoms with Gasteiger partial charge >= 0.3 is 0 Å². The second-order valence-corrected chi connectivity index (χ2v) is 14.4. The van der Waals surface area contributed by atoms with Crippen LogP contribution >= 0.6 is 11.6 Å². The van der Waals surface area contributed by atoms with Gasteiger partial charge in [-0.2, -0.15) is 4.31 Å². The maximum Gasteiger partial charge on any atom is 0.258 e. The number of aromatic nitrogens is 1. The van der Waals surface area contributed by atoms with Gasteiger partial charge < -0.3 is 24.8 Å². The number of amides is 2. The highest BCUT2D eigenvalue weighted by molar-refractivity contribution is 7.89. The highest BCUT2D eigenvalue weighted by Crippen LogP contribution is 2.29. The Labute approximate surface area is 281 Å². The minimum absolute atomic E-state index is 0.0446. The van der Waals surface area contributed by atoms with Crippen LogP contribution in [0, 0.1) is 5.92 Å². The van der Waals surface area contributed by atoms with E-state index < -0.39 is 28.1 Å². The highest BCUT2D eigenvalue weighted by Gasteiger charge is 2.32. The molecular weight excluding hydrogens is 644 g/mol. The average molecular weight is 687 g/mol. The van der Waals surface area contributed by atoms with Gasteiger partial charge in [-0.25, -0.2) is 8.42 Å². The second kappa shape index (κ2) is 16.5. The van der Waals surface area contributed by atoms with Gasteiger partial charge in [0.05, 0.1) is 35.3 Å². The summed E-state index contributed by atoms with van der Waals surface area (Å²) >= 11 is 5.98. The van der Waals surface area contributed by atoms with Crippen molar-refractivity contribution in [2.24, 2.45) is 5.92 Å². The van der Waals surface area contributed by atoms with Gasteiger partial charge in [0.15, 0.2) is 0 Å². The van der Waals surface area contributed by atoms with Crippen LogP contribution in [-0.2, 0) is 14.8 Å². The smallest absolute Gasteiger partial charge is 0.258 e. The predicted molar refractivity (Wildman–Crippen MR) is 180 cm³/mol. The monoisotopic (exact) mass is 686 g/mol. The second-order valence-electron chi connectivity index (χ2n) is 11.9. The Hall–Kier alpha value is -3.55. The lowest BCUT2D eigenvalue weighted by molar-refractivity contribution is -0.00834. The molecule has 0 fully saturated rings. The number of aliphatic hydroxyl groups is 1. The van der Waals surface area contributed by atoms with Gasteiger partial charge in [-0.3, -0.25) is 14.6 Å². The molecule has 0 saturated carbocycles. The molecule has 2 N–H and O–H groups in total. The number of sulfonamides is 1. The number of benzene rings is 2. The van der Waals surface area contributed by atoms with E-state index in [0.717, 1.165) is 12.8 Å². The van der Waals surface area contributed by atoms with Gasteiger partial charge in [-0.1, -0.05) is 18.5 Å². The molecule has 0 saturated heterocycles. The molecule has 0 radical (unpaired) electrons. The summed E-state index contributed by atoms with van der Waals surface area (Å²) in [4.78, 5) is 32.8. The molecule has 0 bridgehead atoms. The topological polar surface area (TPSA) is 138 Å². The number of carbonyl (C=O) groups excluding carboxylic acids is 2. The summed E-state index contributed by atoms with van der Waals surface area (Å²) in [6.07, 6.45) is 4.47. The SMILES string of the molecule is C[C@@H]1CCCCO[C@@H](CN(C)S(=O)(=O)c2ccc(Cl)cc2)[C@@H](C)CN([C@H](C)CO)C(=O)c2cc(NC(=O)c3ccncc3)ccc2O1. The van der Waals surface area contributed by atoms with Crippen LogP contribution in [0.1, 0.15) is 60.7 Å². The van der Waals surface area contributed by atoms with Crippen molar-refractivity contribution in [1.29, 1.82) is 0 Å². The molecule has 11 nitrogen and oxygen atoms in total. The zero-order valence-electron chi connectivity index (χ0n) is 27.1. The summed E-state index contributed by atoms with van der Waals surface area (Å²) in [6, 6.07) is 13.5. The first-order valence-electron chi connectivity index (χ1n) is 15.7. The molecule has 4 rings (SSSR count). The van der Waals surface area contributed by atoms with E-state index in [1.165, 1.54) is 48.0 Å². The Morgan fingerprint density at radius 2 is 1.83 bits per heavy atom. The minimum Gasteiger partial charge on any atom is -0.490 e. The van der Waals surface area contributed by atoms with Crippen LogP contribution in [0.2, 0.25) is 5.02 Å². The van der Waals surface area contributed by atoms with Crippen LogP contribution in [0.4, 0.5) is 5.69 Å². The van der Waals surface area contributed by atoms with Gasteiger partial charge in [0.2, 0.25) is 10.0 Å². The average Bonchev–Trinajstić information content (AvgIpc) is 3.06. The lowest BCUT2D eigenvalue weighted by atomic mass is 10.0. The van der Waals surface area contributed by atoms with Crippen molar-refractivity contribution in [3.63, 3.8) is 0 Å². The number of rotatable bonds is 8. The van der Waals surface area contributed by atoms with Crippen molar-refractivity contribution in [1.82, 2.24) is 14.2 Å². The molecule has 47 heavy (non-hydrogen) atoms. The van der Waals surface area contributed by atoms with E-state index in [1.54, 1.807) is 42.2 Å². The quantitative estimate of drug-likeness (QED) is 0.334. The minimum atomic E-state index is -3.85. The Balaban J connectivity index is 1.65. The fourth-order valence-electron chi connectivity index (χ4n) is 5.31. The first kappa shape index (κ1) is 36.3. The molecule has 2 aromatic carbocycles. The highest BCUT2D eigenvalue weighted by atomic mass is 35.5. The van der Waals surface area contributed by atoms with Crippen molar-refractivity contribution < 1.29 is 32.6 Å². The van der Waals surface area contributed by atoms with Gasteiger partial charge in [0.1, 0.15) is 5.75 Å². The molecule has 2 amide bonds. The Kier molecular flexibility index (Phi) is 12.8. The predicted octanol–water partition coefficient (Wildman–Crippen LogP) is 5.10. The van der Waals surface area contributed by atoms with Crippen LogP contribution in [0.15, 0.2) is 71.9 Å². The van der Waals surface area contributed by atoms with E-state index in [1.807, 2.05) is 13.8 Å². The molecular formula is C34H43ClN4O7S. The van der Waals surface area contributed by atoms with Crippen molar-refractivity contribution in [3.05, 3.63) is 83.1 Å². The number of nitrogens with zero attached hydrogens (tertiary/aromatic N) is 3. The van der Waals surface area contributed by atoms with Gasteiger partial charge in [-0.15, -0.1) is 0 Å². The lowest BCUT2D eigenvalue weighted by Gasteiger charge is -2.35. The van der Waals surface area contributed by atoms with E-state index in [4.69, 9.17) is 21.1 Å². The number of aliphatic hydroxyl groups excluding tert-OH is 1. The van der Waals surface area contributed by atoms with Gasteiger partial charge in [0.25, 0.3) is 11.8 Å². The molecule has 1 aliphatic heterocycles. The third kappa shape index (κ3) is 9.51. The number of fused-ring (bicyclic) bond motifs is 1. The molecule has 0 spiro atoms. The summed E-state index contributed by atoms with van der Waals surface area (Å²) in [6.45, 7) is 5.85. The van der Waals surface area contributed by atoms with E-state index in [0.29, 0.717) is 35.1 Å².